The molecule has 386 valence electrons. The molecule has 0 fully saturated rings. The molecular formula is C36H29F21O11. The average Bonchev–Trinajstić information content (AvgIpc) is 3.19. The molecule has 0 aliphatic rings. The standard InChI is InChI=1S/C20H14F14O6.C16H15F7O5/c1-14(2,40-13(37)16(23,24)18(27,28)20(32,33)34)11(35)9-3-5-10(6-4-9)38-7-8-39-12(36)15(21,22)17(25,26)19(29,30)31;1-13(2,26)11(24)9-3-5-10(6-4-9)27-7-8-28-12(25)14(17,18)15(19,20)16(21,22)23/h3-6H,7-8H2,1-2H3;3-6,26H,7-8H2,1-2H3. The van der Waals surface area contributed by atoms with Crippen LogP contribution in [0.2, 0.25) is 0 Å². The van der Waals surface area contributed by atoms with Gasteiger partial charge in [-0.05, 0) is 76.2 Å². The van der Waals surface area contributed by atoms with Gasteiger partial charge in [-0.3, -0.25) is 9.59 Å². The van der Waals surface area contributed by atoms with Crippen molar-refractivity contribution in [3.05, 3.63) is 59.7 Å². The summed E-state index contributed by atoms with van der Waals surface area (Å²) in [5, 5.41) is 9.59. The Morgan fingerprint density at radius 3 is 0.941 bits per heavy atom. The van der Waals surface area contributed by atoms with Crippen LogP contribution in [0.1, 0.15) is 48.4 Å². The third-order valence-electron chi connectivity index (χ3n) is 7.87. The Labute approximate surface area is 365 Å². The van der Waals surface area contributed by atoms with Gasteiger partial charge in [-0.2, -0.15) is 92.2 Å². The van der Waals surface area contributed by atoms with E-state index in [1.807, 2.05) is 0 Å². The van der Waals surface area contributed by atoms with Crippen molar-refractivity contribution in [1.82, 2.24) is 0 Å². The van der Waals surface area contributed by atoms with Crippen LogP contribution in [0.3, 0.4) is 0 Å². The first-order chi connectivity index (χ1) is 30.2. The van der Waals surface area contributed by atoms with Gasteiger partial charge in [0.15, 0.2) is 11.4 Å². The van der Waals surface area contributed by atoms with E-state index >= 15 is 0 Å². The highest BCUT2D eigenvalue weighted by atomic mass is 19.4. The second-order valence-electron chi connectivity index (χ2n) is 14.1. The Kier molecular flexibility index (Phi) is 18.2. The third-order valence-corrected chi connectivity index (χ3v) is 7.87. The van der Waals surface area contributed by atoms with Gasteiger partial charge in [0.25, 0.3) is 0 Å². The Hall–Kier alpha value is -5.72. The van der Waals surface area contributed by atoms with Crippen molar-refractivity contribution < 1.29 is 145 Å². The average molecular weight is 1040 g/mol. The zero-order valence-corrected chi connectivity index (χ0v) is 33.9. The lowest BCUT2D eigenvalue weighted by molar-refractivity contribution is -0.349. The molecule has 0 aromatic heterocycles. The highest BCUT2D eigenvalue weighted by Crippen LogP contribution is 2.49. The van der Waals surface area contributed by atoms with Gasteiger partial charge in [-0.1, -0.05) is 0 Å². The molecule has 0 bridgehead atoms. The van der Waals surface area contributed by atoms with Gasteiger partial charge in [0.1, 0.15) is 43.5 Å². The second-order valence-corrected chi connectivity index (χ2v) is 14.1. The number of alkyl halides is 21. The summed E-state index contributed by atoms with van der Waals surface area (Å²) in [6.07, 6.45) is -20.3. The molecule has 0 atom stereocenters. The van der Waals surface area contributed by atoms with Gasteiger partial charge < -0.3 is 28.8 Å². The number of ether oxygens (including phenoxy) is 5. The van der Waals surface area contributed by atoms with E-state index in [0.717, 1.165) is 24.3 Å². The van der Waals surface area contributed by atoms with E-state index in [9.17, 15) is 121 Å². The molecule has 2 aromatic rings. The van der Waals surface area contributed by atoms with Crippen LogP contribution in [-0.2, 0) is 28.6 Å². The molecule has 0 aliphatic heterocycles. The molecule has 0 unspecified atom stereocenters. The van der Waals surface area contributed by atoms with E-state index in [2.05, 4.69) is 14.2 Å². The summed E-state index contributed by atoms with van der Waals surface area (Å²) in [5.74, 6) is -50.9. The van der Waals surface area contributed by atoms with Crippen molar-refractivity contribution in [2.45, 2.75) is 93.0 Å². The van der Waals surface area contributed by atoms with Crippen LogP contribution in [0.5, 0.6) is 11.5 Å². The first-order valence-corrected chi connectivity index (χ1v) is 17.5. The SMILES string of the molecule is CC(C)(O)C(=O)c1ccc(OCCOC(=O)C(F)(F)C(F)(F)C(F)(F)F)cc1.CC(C)(OC(=O)C(F)(F)C(F)(F)C(F)(F)F)C(=O)c1ccc(OCCOC(=O)C(F)(F)C(F)(F)C(F)(F)F)cc1. The molecule has 0 aliphatic carbocycles. The summed E-state index contributed by atoms with van der Waals surface area (Å²) < 4.78 is 286. The maximum Gasteiger partial charge on any atom is 0.460 e. The fourth-order valence-electron chi connectivity index (χ4n) is 4.14. The molecule has 11 nitrogen and oxygen atoms in total. The van der Waals surface area contributed by atoms with Crippen LogP contribution < -0.4 is 9.47 Å². The van der Waals surface area contributed by atoms with Crippen LogP contribution in [0, 0.1) is 0 Å². The van der Waals surface area contributed by atoms with Gasteiger partial charge in [-0.25, -0.2) is 14.4 Å². The Balaban J connectivity index is 0.000000724. The van der Waals surface area contributed by atoms with Crippen LogP contribution >= 0.6 is 0 Å². The molecule has 0 radical (unpaired) electrons. The normalized spacial score (nSPS) is 13.7. The van der Waals surface area contributed by atoms with Crippen LogP contribution in [0.15, 0.2) is 48.5 Å². The molecule has 1 N–H and O–H groups in total. The first-order valence-electron chi connectivity index (χ1n) is 17.5. The third kappa shape index (κ3) is 13.5. The molecule has 32 heteroatoms. The van der Waals surface area contributed by atoms with Crippen LogP contribution in [-0.4, -0.2) is 126 Å². The maximum atomic E-state index is 13.5. The van der Waals surface area contributed by atoms with E-state index < -0.39 is 127 Å². The number of hydrogen-bond donors (Lipinski definition) is 1. The first kappa shape index (κ1) is 60.3. The zero-order valence-electron chi connectivity index (χ0n) is 33.9. The minimum absolute atomic E-state index is 0.0516. The van der Waals surface area contributed by atoms with Crippen LogP contribution in [0.25, 0.3) is 0 Å². The smallest absolute Gasteiger partial charge is 0.460 e. The number of carbonyl (C=O) groups excluding carboxylic acids is 5. The molecule has 0 saturated carbocycles. The molecule has 68 heavy (non-hydrogen) atoms. The predicted octanol–water partition coefficient (Wildman–Crippen LogP) is 9.17. The van der Waals surface area contributed by atoms with Gasteiger partial charge in [-0.15, -0.1) is 0 Å². The molecule has 0 saturated heterocycles. The highest BCUT2D eigenvalue weighted by Gasteiger charge is 2.79. The van der Waals surface area contributed by atoms with E-state index in [1.54, 1.807) is 0 Å². The van der Waals surface area contributed by atoms with Crippen LogP contribution in [0.4, 0.5) is 92.2 Å². The number of ketones is 2. The molecule has 2 rings (SSSR count). The molecule has 0 spiro atoms. The number of carbonyl (C=O) groups is 5. The Morgan fingerprint density at radius 2 is 0.676 bits per heavy atom. The fraction of sp³-hybridized carbons (Fsp3) is 0.528. The lowest BCUT2D eigenvalue weighted by atomic mass is 9.96. The van der Waals surface area contributed by atoms with Crippen molar-refractivity contribution in [3.63, 3.8) is 0 Å². The summed E-state index contributed by atoms with van der Waals surface area (Å²) in [6, 6.07) is 8.30. The highest BCUT2D eigenvalue weighted by molar-refractivity contribution is 6.03. The minimum atomic E-state index is -6.85. The predicted molar refractivity (Wildman–Crippen MR) is 179 cm³/mol. The number of rotatable bonds is 19. The summed E-state index contributed by atoms with van der Waals surface area (Å²) in [7, 11) is 0. The number of esters is 3. The van der Waals surface area contributed by atoms with Gasteiger partial charge in [0.05, 0.1) is 0 Å². The van der Waals surface area contributed by atoms with Crippen molar-refractivity contribution in [3.8, 4) is 11.5 Å². The Bertz CT molecular complexity index is 2090. The number of benzene rings is 2. The second kappa shape index (κ2) is 20.5. The fourth-order valence-corrected chi connectivity index (χ4v) is 4.14. The van der Waals surface area contributed by atoms with E-state index in [0.29, 0.717) is 13.8 Å². The number of hydrogen-bond acceptors (Lipinski definition) is 11. The zero-order chi connectivity index (χ0) is 53.7. The molecular weight excluding hydrogens is 1010 g/mol. The van der Waals surface area contributed by atoms with Crippen molar-refractivity contribution >= 4 is 29.5 Å². The summed E-state index contributed by atoms with van der Waals surface area (Å²) >= 11 is 0. The molecule has 2 aromatic carbocycles. The monoisotopic (exact) mass is 1040 g/mol. The van der Waals surface area contributed by atoms with Gasteiger partial charge in [0.2, 0.25) is 5.78 Å². The number of halogens is 21. The van der Waals surface area contributed by atoms with E-state index in [-0.39, 0.29) is 17.1 Å². The topological polar surface area (TPSA) is 152 Å². The summed E-state index contributed by atoms with van der Waals surface area (Å²) in [4.78, 5) is 57.6. The number of Topliss-reactive ketones (excluding diaryl/α,β-unsaturated/α-hetero) is 2. The van der Waals surface area contributed by atoms with Crippen molar-refractivity contribution in [2.75, 3.05) is 26.4 Å². The van der Waals surface area contributed by atoms with Gasteiger partial charge >= 0.3 is 72.0 Å². The lowest BCUT2D eigenvalue weighted by Crippen LogP contribution is -2.58. The quantitative estimate of drug-likeness (QED) is 0.0472. The lowest BCUT2D eigenvalue weighted by Gasteiger charge is -2.30. The van der Waals surface area contributed by atoms with Crippen molar-refractivity contribution in [1.29, 1.82) is 0 Å². The maximum absolute atomic E-state index is 13.5. The van der Waals surface area contributed by atoms with E-state index in [1.165, 1.54) is 38.1 Å². The Morgan fingerprint density at radius 1 is 0.412 bits per heavy atom. The molecule has 0 heterocycles. The molecule has 0 amide bonds. The summed E-state index contributed by atoms with van der Waals surface area (Å²) in [5.41, 5.74) is -4.76. The van der Waals surface area contributed by atoms with Gasteiger partial charge in [0, 0.05) is 11.1 Å². The minimum Gasteiger partial charge on any atom is -0.490 e. The van der Waals surface area contributed by atoms with E-state index in [4.69, 9.17) is 9.47 Å². The largest absolute Gasteiger partial charge is 0.490 e. The number of aliphatic hydroxyl groups is 1. The summed E-state index contributed by atoms with van der Waals surface area (Å²) in [6.45, 7) is -0.178. The van der Waals surface area contributed by atoms with Crippen molar-refractivity contribution in [2.24, 2.45) is 0 Å².